The number of nitrogens with two attached hydrogens (primary N) is 1. The van der Waals surface area contributed by atoms with Crippen molar-refractivity contribution in [2.24, 2.45) is 11.1 Å². The summed E-state index contributed by atoms with van der Waals surface area (Å²) in [6.45, 7) is 2.91. The summed E-state index contributed by atoms with van der Waals surface area (Å²) in [5.74, 6) is 1.77. The molecule has 3 aromatic rings. The van der Waals surface area contributed by atoms with E-state index in [4.69, 9.17) is 15.7 Å². The molecule has 0 aromatic carbocycles. The third kappa shape index (κ3) is 2.62. The summed E-state index contributed by atoms with van der Waals surface area (Å²) in [4.78, 5) is 18.7. The monoisotopic (exact) mass is 390 g/mol. The zero-order valence-electron chi connectivity index (χ0n) is 16.5. The van der Waals surface area contributed by atoms with Gasteiger partial charge in [0.05, 0.1) is 17.6 Å². The standard InChI is InChI=1S/C21H26N8/c22-16-5-6-21(16)7-11-28(12-8-21)17-13-24-18-19(25-17)26-27-20(18)29-10-2-3-14-15(29)4-1-9-23-14/h1,4,9,13,16H,2-3,5-8,10-12,22H2,(H,25,26,27)/t16-/m0/s1. The highest BCUT2D eigenvalue weighted by molar-refractivity contribution is 5.87. The maximum Gasteiger partial charge on any atom is 0.183 e. The van der Waals surface area contributed by atoms with Crippen LogP contribution in [0.5, 0.6) is 0 Å². The van der Waals surface area contributed by atoms with Gasteiger partial charge in [-0.2, -0.15) is 5.10 Å². The van der Waals surface area contributed by atoms with Gasteiger partial charge in [-0.15, -0.1) is 0 Å². The Morgan fingerprint density at radius 3 is 2.83 bits per heavy atom. The number of piperidine rings is 1. The summed E-state index contributed by atoms with van der Waals surface area (Å²) >= 11 is 0. The fourth-order valence-corrected chi connectivity index (χ4v) is 5.25. The van der Waals surface area contributed by atoms with Crippen LogP contribution in [0.15, 0.2) is 24.5 Å². The van der Waals surface area contributed by atoms with Gasteiger partial charge in [-0.1, -0.05) is 0 Å². The van der Waals surface area contributed by atoms with Crippen molar-refractivity contribution in [2.75, 3.05) is 29.4 Å². The number of aromatic amines is 1. The second-order valence-corrected chi connectivity index (χ2v) is 8.69. The van der Waals surface area contributed by atoms with E-state index in [9.17, 15) is 0 Å². The van der Waals surface area contributed by atoms with Gasteiger partial charge in [0.1, 0.15) is 5.82 Å². The summed E-state index contributed by atoms with van der Waals surface area (Å²) in [7, 11) is 0. The highest BCUT2D eigenvalue weighted by atomic mass is 15.3. The molecule has 0 amide bonds. The van der Waals surface area contributed by atoms with Gasteiger partial charge in [-0.05, 0) is 56.1 Å². The molecule has 3 N–H and O–H groups in total. The van der Waals surface area contributed by atoms with E-state index in [1.165, 1.54) is 12.8 Å². The molecule has 0 radical (unpaired) electrons. The molecule has 8 heteroatoms. The third-order valence-electron chi connectivity index (χ3n) is 7.27. The summed E-state index contributed by atoms with van der Waals surface area (Å²) in [5, 5.41) is 7.68. The van der Waals surface area contributed by atoms with E-state index in [2.05, 4.69) is 31.0 Å². The Morgan fingerprint density at radius 2 is 2.03 bits per heavy atom. The molecule has 1 atom stereocenters. The molecule has 3 aliphatic rings. The molecule has 29 heavy (non-hydrogen) atoms. The van der Waals surface area contributed by atoms with Crippen LogP contribution in [0.25, 0.3) is 11.2 Å². The molecule has 5 heterocycles. The van der Waals surface area contributed by atoms with Crippen LogP contribution >= 0.6 is 0 Å². The minimum absolute atomic E-state index is 0.380. The van der Waals surface area contributed by atoms with Crippen LogP contribution < -0.4 is 15.5 Å². The largest absolute Gasteiger partial charge is 0.355 e. The first kappa shape index (κ1) is 17.1. The molecule has 0 bridgehead atoms. The molecule has 1 aliphatic carbocycles. The molecule has 2 aliphatic heterocycles. The van der Waals surface area contributed by atoms with Gasteiger partial charge in [0.15, 0.2) is 17.0 Å². The molecule has 3 aromatic heterocycles. The summed E-state index contributed by atoms with van der Waals surface area (Å²) < 4.78 is 0. The maximum absolute atomic E-state index is 6.29. The van der Waals surface area contributed by atoms with Crippen molar-refractivity contribution < 1.29 is 0 Å². The molecule has 8 nitrogen and oxygen atoms in total. The van der Waals surface area contributed by atoms with Gasteiger partial charge >= 0.3 is 0 Å². The Morgan fingerprint density at radius 1 is 1.14 bits per heavy atom. The Labute approximate surface area is 169 Å². The molecular formula is C21H26N8. The van der Waals surface area contributed by atoms with Gasteiger partial charge in [0.2, 0.25) is 0 Å². The van der Waals surface area contributed by atoms with Crippen molar-refractivity contribution in [3.63, 3.8) is 0 Å². The highest BCUT2D eigenvalue weighted by Crippen LogP contribution is 2.48. The van der Waals surface area contributed by atoms with E-state index in [0.717, 1.165) is 79.5 Å². The molecule has 1 saturated heterocycles. The van der Waals surface area contributed by atoms with E-state index in [-0.39, 0.29) is 0 Å². The first-order valence-corrected chi connectivity index (χ1v) is 10.7. The van der Waals surface area contributed by atoms with Crippen LogP contribution in [0.4, 0.5) is 17.3 Å². The van der Waals surface area contributed by atoms with Gasteiger partial charge in [0, 0.05) is 31.9 Å². The van der Waals surface area contributed by atoms with Gasteiger partial charge in [0.25, 0.3) is 0 Å². The second-order valence-electron chi connectivity index (χ2n) is 8.69. The van der Waals surface area contributed by atoms with Crippen LogP contribution in [0.2, 0.25) is 0 Å². The molecule has 2 fully saturated rings. The first-order chi connectivity index (χ1) is 14.2. The normalized spacial score (nSPS) is 23.3. The Bertz CT molecular complexity index is 1050. The van der Waals surface area contributed by atoms with Crippen molar-refractivity contribution in [3.8, 4) is 0 Å². The predicted molar refractivity (Wildman–Crippen MR) is 112 cm³/mol. The SMILES string of the molecule is N[C@H]1CCC12CCN(c1cnc3c(N4CCCc5ncccc54)n[nH]c3n1)CC2. The van der Waals surface area contributed by atoms with E-state index in [1.807, 2.05) is 18.5 Å². The Kier molecular flexibility index (Phi) is 3.77. The van der Waals surface area contributed by atoms with Crippen molar-refractivity contribution in [3.05, 3.63) is 30.2 Å². The van der Waals surface area contributed by atoms with Gasteiger partial charge in [-0.3, -0.25) is 10.1 Å². The van der Waals surface area contributed by atoms with Crippen molar-refractivity contribution in [2.45, 2.75) is 44.6 Å². The zero-order chi connectivity index (χ0) is 19.4. The number of pyridine rings is 1. The number of rotatable bonds is 2. The number of aromatic nitrogens is 5. The fourth-order valence-electron chi connectivity index (χ4n) is 5.25. The average Bonchev–Trinajstić information content (AvgIpc) is 3.21. The van der Waals surface area contributed by atoms with Crippen molar-refractivity contribution >= 4 is 28.5 Å². The molecular weight excluding hydrogens is 364 g/mol. The van der Waals surface area contributed by atoms with Crippen molar-refractivity contribution in [1.82, 2.24) is 25.1 Å². The lowest BCUT2D eigenvalue weighted by atomic mass is 9.60. The van der Waals surface area contributed by atoms with Crippen molar-refractivity contribution in [1.29, 1.82) is 0 Å². The zero-order valence-corrected chi connectivity index (χ0v) is 16.5. The minimum Gasteiger partial charge on any atom is -0.355 e. The van der Waals surface area contributed by atoms with Crippen LogP contribution in [-0.4, -0.2) is 50.8 Å². The quantitative estimate of drug-likeness (QED) is 0.693. The third-order valence-corrected chi connectivity index (χ3v) is 7.27. The first-order valence-electron chi connectivity index (χ1n) is 10.7. The number of H-pyrrole nitrogens is 1. The number of aryl methyl sites for hydroxylation is 1. The van der Waals surface area contributed by atoms with E-state index in [0.29, 0.717) is 11.5 Å². The molecule has 1 spiro atoms. The lowest BCUT2D eigenvalue weighted by Crippen LogP contribution is -2.56. The van der Waals surface area contributed by atoms with Crippen LogP contribution in [-0.2, 0) is 6.42 Å². The number of fused-ring (bicyclic) bond motifs is 2. The molecule has 150 valence electrons. The topological polar surface area (TPSA) is 99.9 Å². The second kappa shape index (κ2) is 6.38. The Balaban J connectivity index is 1.28. The van der Waals surface area contributed by atoms with Crippen LogP contribution in [0.1, 0.15) is 37.8 Å². The van der Waals surface area contributed by atoms with Gasteiger partial charge in [-0.25, -0.2) is 9.97 Å². The van der Waals surface area contributed by atoms with E-state index < -0.39 is 0 Å². The molecule has 1 saturated carbocycles. The number of nitrogens with one attached hydrogen (secondary N) is 1. The maximum atomic E-state index is 6.29. The smallest absolute Gasteiger partial charge is 0.183 e. The van der Waals surface area contributed by atoms with Crippen LogP contribution in [0.3, 0.4) is 0 Å². The molecule has 6 rings (SSSR count). The van der Waals surface area contributed by atoms with Crippen LogP contribution in [0, 0.1) is 5.41 Å². The number of nitrogens with zero attached hydrogens (tertiary/aromatic N) is 6. The summed E-state index contributed by atoms with van der Waals surface area (Å²) in [5.41, 5.74) is 10.5. The average molecular weight is 390 g/mol. The minimum atomic E-state index is 0.380. The lowest BCUT2D eigenvalue weighted by Gasteiger charge is -2.52. The number of anilines is 3. The number of hydrogen-bond acceptors (Lipinski definition) is 7. The van der Waals surface area contributed by atoms with Gasteiger partial charge < -0.3 is 15.5 Å². The lowest BCUT2D eigenvalue weighted by molar-refractivity contribution is 0.0610. The fraction of sp³-hybridized carbons (Fsp3) is 0.524. The highest BCUT2D eigenvalue weighted by Gasteiger charge is 2.46. The summed E-state index contributed by atoms with van der Waals surface area (Å²) in [6.07, 6.45) is 10.6. The van der Waals surface area contributed by atoms with E-state index >= 15 is 0 Å². The summed E-state index contributed by atoms with van der Waals surface area (Å²) in [6, 6.07) is 4.47. The Hall–Kier alpha value is -2.74. The molecule has 0 unspecified atom stereocenters. The number of hydrogen-bond donors (Lipinski definition) is 2. The van der Waals surface area contributed by atoms with E-state index in [1.54, 1.807) is 0 Å². The predicted octanol–water partition coefficient (Wildman–Crippen LogP) is 2.54.